The number of hydrogen-bond acceptors (Lipinski definition) is 3. The standard InChI is InChI=1S/C15H24N2O2/c1-15(2,8-4-10-18)12-17-14(19)7-6-13-5-3-9-16-11-13/h3,5,9,11,18H,4,6-8,10,12H2,1-2H3,(H,17,19). The van der Waals surface area contributed by atoms with Crippen LogP contribution in [-0.2, 0) is 11.2 Å². The van der Waals surface area contributed by atoms with Gasteiger partial charge in [-0.15, -0.1) is 0 Å². The lowest BCUT2D eigenvalue weighted by molar-refractivity contribution is -0.121. The fourth-order valence-electron chi connectivity index (χ4n) is 1.88. The Labute approximate surface area is 115 Å². The lowest BCUT2D eigenvalue weighted by Gasteiger charge is -2.24. The lowest BCUT2D eigenvalue weighted by Crippen LogP contribution is -2.34. The number of aliphatic hydroxyl groups is 1. The van der Waals surface area contributed by atoms with Crippen LogP contribution in [0, 0.1) is 5.41 Å². The Morgan fingerprint density at radius 3 is 2.89 bits per heavy atom. The number of aromatic nitrogens is 1. The predicted molar refractivity (Wildman–Crippen MR) is 75.7 cm³/mol. The second-order valence-corrected chi connectivity index (χ2v) is 5.63. The number of nitrogens with one attached hydrogen (secondary N) is 1. The van der Waals surface area contributed by atoms with Crippen LogP contribution < -0.4 is 5.32 Å². The summed E-state index contributed by atoms with van der Waals surface area (Å²) in [5.41, 5.74) is 1.12. The molecule has 4 heteroatoms. The molecule has 0 saturated carbocycles. The van der Waals surface area contributed by atoms with E-state index in [1.54, 1.807) is 12.4 Å². The van der Waals surface area contributed by atoms with Crippen molar-refractivity contribution >= 4 is 5.91 Å². The van der Waals surface area contributed by atoms with Gasteiger partial charge in [-0.05, 0) is 36.3 Å². The maximum Gasteiger partial charge on any atom is 0.220 e. The Kier molecular flexibility index (Phi) is 6.50. The van der Waals surface area contributed by atoms with Crippen LogP contribution >= 0.6 is 0 Å². The van der Waals surface area contributed by atoms with Gasteiger partial charge in [-0.3, -0.25) is 9.78 Å². The van der Waals surface area contributed by atoms with Gasteiger partial charge in [0.15, 0.2) is 0 Å². The fraction of sp³-hybridized carbons (Fsp3) is 0.600. The maximum atomic E-state index is 11.8. The van der Waals surface area contributed by atoms with Crippen molar-refractivity contribution in [3.8, 4) is 0 Å². The molecule has 0 spiro atoms. The molecule has 0 atom stereocenters. The van der Waals surface area contributed by atoms with Gasteiger partial charge < -0.3 is 10.4 Å². The Morgan fingerprint density at radius 1 is 1.47 bits per heavy atom. The molecule has 0 aliphatic heterocycles. The molecule has 1 amide bonds. The van der Waals surface area contributed by atoms with Crippen LogP contribution in [0.15, 0.2) is 24.5 Å². The minimum Gasteiger partial charge on any atom is -0.396 e. The molecule has 2 N–H and O–H groups in total. The summed E-state index contributed by atoms with van der Waals surface area (Å²) in [6.07, 6.45) is 6.41. The van der Waals surface area contributed by atoms with E-state index in [4.69, 9.17) is 5.11 Å². The zero-order valence-electron chi connectivity index (χ0n) is 11.9. The van der Waals surface area contributed by atoms with Gasteiger partial charge in [-0.2, -0.15) is 0 Å². The predicted octanol–water partition coefficient (Wildman–Crippen LogP) is 1.93. The average Bonchev–Trinajstić information content (AvgIpc) is 2.42. The molecule has 0 aliphatic carbocycles. The molecule has 0 unspecified atom stereocenters. The van der Waals surface area contributed by atoms with Crippen molar-refractivity contribution in [2.24, 2.45) is 5.41 Å². The van der Waals surface area contributed by atoms with E-state index < -0.39 is 0 Å². The molecular formula is C15H24N2O2. The Bertz CT molecular complexity index is 377. The number of hydrogen-bond donors (Lipinski definition) is 2. The molecule has 0 aromatic carbocycles. The topological polar surface area (TPSA) is 62.2 Å². The van der Waals surface area contributed by atoms with Crippen molar-refractivity contribution in [3.05, 3.63) is 30.1 Å². The summed E-state index contributed by atoms with van der Waals surface area (Å²) in [5, 5.41) is 11.8. The van der Waals surface area contributed by atoms with Crippen molar-refractivity contribution in [1.29, 1.82) is 0 Å². The quantitative estimate of drug-likeness (QED) is 0.754. The van der Waals surface area contributed by atoms with E-state index in [2.05, 4.69) is 24.1 Å². The largest absolute Gasteiger partial charge is 0.396 e. The summed E-state index contributed by atoms with van der Waals surface area (Å²) in [7, 11) is 0. The Balaban J connectivity index is 2.24. The summed E-state index contributed by atoms with van der Waals surface area (Å²) < 4.78 is 0. The first-order chi connectivity index (χ1) is 9.03. The number of pyridine rings is 1. The fourth-order valence-corrected chi connectivity index (χ4v) is 1.88. The van der Waals surface area contributed by atoms with Gasteiger partial charge in [0, 0.05) is 32.0 Å². The number of nitrogens with zero attached hydrogens (tertiary/aromatic N) is 1. The highest BCUT2D eigenvalue weighted by atomic mass is 16.2. The summed E-state index contributed by atoms with van der Waals surface area (Å²) in [6.45, 7) is 5.06. The van der Waals surface area contributed by atoms with Crippen molar-refractivity contribution < 1.29 is 9.90 Å². The van der Waals surface area contributed by atoms with Crippen LogP contribution in [0.4, 0.5) is 0 Å². The van der Waals surface area contributed by atoms with Crippen LogP contribution in [0.2, 0.25) is 0 Å². The van der Waals surface area contributed by atoms with Crippen LogP contribution in [0.25, 0.3) is 0 Å². The Morgan fingerprint density at radius 2 is 2.26 bits per heavy atom. The van der Waals surface area contributed by atoms with E-state index in [1.165, 1.54) is 0 Å². The van der Waals surface area contributed by atoms with E-state index in [9.17, 15) is 4.79 Å². The molecule has 0 bridgehead atoms. The molecule has 106 valence electrons. The van der Waals surface area contributed by atoms with Gasteiger partial charge in [0.05, 0.1) is 0 Å². The van der Waals surface area contributed by atoms with E-state index in [-0.39, 0.29) is 17.9 Å². The minimum absolute atomic E-state index is 0.0344. The molecule has 0 radical (unpaired) electrons. The molecule has 4 nitrogen and oxygen atoms in total. The first-order valence-electron chi connectivity index (χ1n) is 6.80. The van der Waals surface area contributed by atoms with Crippen LogP contribution in [-0.4, -0.2) is 29.1 Å². The van der Waals surface area contributed by atoms with E-state index in [1.807, 2.05) is 12.1 Å². The first kappa shape index (κ1) is 15.6. The monoisotopic (exact) mass is 264 g/mol. The highest BCUT2D eigenvalue weighted by molar-refractivity contribution is 5.76. The smallest absolute Gasteiger partial charge is 0.220 e. The SMILES string of the molecule is CC(C)(CCCO)CNC(=O)CCc1cccnc1. The molecular weight excluding hydrogens is 240 g/mol. The van der Waals surface area contributed by atoms with E-state index >= 15 is 0 Å². The number of aliphatic hydroxyl groups excluding tert-OH is 1. The maximum absolute atomic E-state index is 11.8. The third-order valence-electron chi connectivity index (χ3n) is 3.14. The van der Waals surface area contributed by atoms with Gasteiger partial charge in [-0.25, -0.2) is 0 Å². The minimum atomic E-state index is 0.0344. The third-order valence-corrected chi connectivity index (χ3v) is 3.14. The van der Waals surface area contributed by atoms with Crippen LogP contribution in [0.5, 0.6) is 0 Å². The highest BCUT2D eigenvalue weighted by Gasteiger charge is 2.18. The molecule has 1 aromatic rings. The number of rotatable bonds is 8. The second-order valence-electron chi connectivity index (χ2n) is 5.63. The highest BCUT2D eigenvalue weighted by Crippen LogP contribution is 2.20. The van der Waals surface area contributed by atoms with Crippen molar-refractivity contribution in [1.82, 2.24) is 10.3 Å². The number of amides is 1. The summed E-state index contributed by atoms with van der Waals surface area (Å²) >= 11 is 0. The van der Waals surface area contributed by atoms with Crippen LogP contribution in [0.3, 0.4) is 0 Å². The molecule has 0 fully saturated rings. The zero-order chi connectivity index (χ0) is 14.1. The third kappa shape index (κ3) is 6.91. The normalized spacial score (nSPS) is 11.3. The van der Waals surface area contributed by atoms with Crippen molar-refractivity contribution in [2.75, 3.05) is 13.2 Å². The van der Waals surface area contributed by atoms with Gasteiger partial charge in [-0.1, -0.05) is 19.9 Å². The molecule has 1 aromatic heterocycles. The molecule has 0 saturated heterocycles. The van der Waals surface area contributed by atoms with Crippen LogP contribution in [0.1, 0.15) is 38.7 Å². The first-order valence-corrected chi connectivity index (χ1v) is 6.80. The van der Waals surface area contributed by atoms with E-state index in [0.29, 0.717) is 13.0 Å². The number of carbonyl (C=O) groups excluding carboxylic acids is 1. The Hall–Kier alpha value is -1.42. The molecule has 1 heterocycles. The van der Waals surface area contributed by atoms with Crippen molar-refractivity contribution in [2.45, 2.75) is 39.5 Å². The van der Waals surface area contributed by atoms with Gasteiger partial charge in [0.2, 0.25) is 5.91 Å². The summed E-state index contributed by atoms with van der Waals surface area (Å²) in [6, 6.07) is 3.86. The molecule has 1 rings (SSSR count). The van der Waals surface area contributed by atoms with Gasteiger partial charge >= 0.3 is 0 Å². The molecule has 0 aliphatic rings. The lowest BCUT2D eigenvalue weighted by atomic mass is 9.88. The van der Waals surface area contributed by atoms with Gasteiger partial charge in [0.1, 0.15) is 0 Å². The number of carbonyl (C=O) groups is 1. The second kappa shape index (κ2) is 7.89. The summed E-state index contributed by atoms with van der Waals surface area (Å²) in [4.78, 5) is 15.8. The number of aryl methyl sites for hydroxylation is 1. The van der Waals surface area contributed by atoms with Crippen molar-refractivity contribution in [3.63, 3.8) is 0 Å². The zero-order valence-corrected chi connectivity index (χ0v) is 11.9. The molecule has 19 heavy (non-hydrogen) atoms. The average molecular weight is 264 g/mol. The van der Waals surface area contributed by atoms with Gasteiger partial charge in [0.25, 0.3) is 0 Å². The summed E-state index contributed by atoms with van der Waals surface area (Å²) in [5.74, 6) is 0.0703. The van der Waals surface area contributed by atoms with E-state index in [0.717, 1.165) is 24.8 Å².